The van der Waals surface area contributed by atoms with Gasteiger partial charge in [-0.25, -0.2) is 8.42 Å². The maximum Gasteiger partial charge on any atom is 0.416 e. The Bertz CT molecular complexity index is 1310. The van der Waals surface area contributed by atoms with Crippen LogP contribution >= 0.6 is 22.9 Å². The molecule has 6 nitrogen and oxygen atoms in total. The molecular formula is C22H19ClF3N3O3S2. The minimum atomic E-state index is -4.46. The molecule has 12 heteroatoms. The summed E-state index contributed by atoms with van der Waals surface area (Å²) in [4.78, 5) is 16.9. The molecule has 2 aromatic heterocycles. The molecule has 0 spiro atoms. The Kier molecular flexibility index (Phi) is 7.69. The quantitative estimate of drug-likeness (QED) is 0.400. The fraction of sp³-hybridized carbons (Fsp3) is 0.182. The van der Waals surface area contributed by atoms with Gasteiger partial charge in [0.1, 0.15) is 9.91 Å². The van der Waals surface area contributed by atoms with Crippen molar-refractivity contribution in [2.75, 3.05) is 6.54 Å². The fourth-order valence-electron chi connectivity index (χ4n) is 3.10. The minimum absolute atomic E-state index is 0.0230. The summed E-state index contributed by atoms with van der Waals surface area (Å²) in [5.74, 6) is -0.727. The highest BCUT2D eigenvalue weighted by Gasteiger charge is 2.31. The first kappa shape index (κ1) is 25.7. The zero-order valence-corrected chi connectivity index (χ0v) is 20.2. The summed E-state index contributed by atoms with van der Waals surface area (Å²) in [7, 11) is -4.02. The van der Waals surface area contributed by atoms with Gasteiger partial charge in [-0.3, -0.25) is 14.1 Å². The highest BCUT2D eigenvalue weighted by Crippen LogP contribution is 2.32. The lowest BCUT2D eigenvalue weighted by Crippen LogP contribution is -2.37. The summed E-state index contributed by atoms with van der Waals surface area (Å²) in [6.45, 7) is 5.11. The van der Waals surface area contributed by atoms with E-state index in [4.69, 9.17) is 11.6 Å². The van der Waals surface area contributed by atoms with Crippen LogP contribution in [0.1, 0.15) is 18.1 Å². The summed E-state index contributed by atoms with van der Waals surface area (Å²) in [6, 6.07) is 10.6. The van der Waals surface area contributed by atoms with Gasteiger partial charge >= 0.3 is 6.18 Å². The van der Waals surface area contributed by atoms with E-state index in [1.54, 1.807) is 19.1 Å². The predicted octanol–water partition coefficient (Wildman–Crippen LogP) is 5.32. The van der Waals surface area contributed by atoms with Crippen LogP contribution in [0, 0.1) is 0 Å². The van der Waals surface area contributed by atoms with Crippen LogP contribution in [0.3, 0.4) is 0 Å². The van der Waals surface area contributed by atoms with Crippen molar-refractivity contribution in [3.63, 3.8) is 0 Å². The van der Waals surface area contributed by atoms with Gasteiger partial charge in [0.2, 0.25) is 0 Å². The summed E-state index contributed by atoms with van der Waals surface area (Å²) < 4.78 is 65.5. The molecule has 1 aromatic carbocycles. The molecule has 0 saturated heterocycles. The Morgan fingerprint density at radius 1 is 1.18 bits per heavy atom. The molecule has 180 valence electrons. The monoisotopic (exact) mass is 529 g/mol. The number of halogens is 4. The second-order valence-electron chi connectivity index (χ2n) is 6.94. The average molecular weight is 530 g/mol. The van der Waals surface area contributed by atoms with Crippen molar-refractivity contribution in [3.8, 4) is 11.3 Å². The molecule has 0 aliphatic rings. The van der Waals surface area contributed by atoms with Crippen molar-refractivity contribution in [1.82, 2.24) is 14.6 Å². The molecule has 0 bridgehead atoms. The first-order chi connectivity index (χ1) is 15.9. The third-order valence-corrected chi connectivity index (χ3v) is 8.37. The maximum absolute atomic E-state index is 12.9. The number of alkyl halides is 3. The smallest absolute Gasteiger partial charge is 0.347 e. The fourth-order valence-corrected chi connectivity index (χ4v) is 6.14. The summed E-state index contributed by atoms with van der Waals surface area (Å²) >= 11 is 6.71. The van der Waals surface area contributed by atoms with E-state index in [0.717, 1.165) is 27.8 Å². The minimum Gasteiger partial charge on any atom is -0.347 e. The van der Waals surface area contributed by atoms with Gasteiger partial charge < -0.3 is 5.32 Å². The van der Waals surface area contributed by atoms with E-state index in [2.05, 4.69) is 16.9 Å². The number of nitrogens with zero attached hydrogens (tertiary/aromatic N) is 2. The molecule has 1 amide bonds. The Morgan fingerprint density at radius 2 is 1.85 bits per heavy atom. The zero-order valence-electron chi connectivity index (χ0n) is 17.8. The molecule has 34 heavy (non-hydrogen) atoms. The normalized spacial score (nSPS) is 11.8. The number of likely N-dealkylation sites (N-methyl/N-ethyl adjacent to an activating group) is 1. The summed E-state index contributed by atoms with van der Waals surface area (Å²) in [5, 5.41) is 2.60. The Morgan fingerprint density at radius 3 is 2.41 bits per heavy atom. The van der Waals surface area contributed by atoms with Crippen molar-refractivity contribution in [3.05, 3.63) is 82.5 Å². The van der Waals surface area contributed by atoms with E-state index in [0.29, 0.717) is 16.8 Å². The number of sulfonamides is 1. The van der Waals surface area contributed by atoms with Crippen LogP contribution in [-0.4, -0.2) is 30.2 Å². The molecule has 0 saturated carbocycles. The van der Waals surface area contributed by atoms with Crippen molar-refractivity contribution in [1.29, 1.82) is 0 Å². The van der Waals surface area contributed by atoms with Crippen LogP contribution in [-0.2, 0) is 27.5 Å². The number of amides is 1. The van der Waals surface area contributed by atoms with Crippen LogP contribution < -0.4 is 5.32 Å². The number of hydrogen-bond acceptors (Lipinski definition) is 5. The number of carbonyl (C=O) groups excluding carboxylic acids is 1. The van der Waals surface area contributed by atoms with E-state index < -0.39 is 27.7 Å². The highest BCUT2D eigenvalue weighted by atomic mass is 35.5. The van der Waals surface area contributed by atoms with Crippen molar-refractivity contribution in [2.24, 2.45) is 0 Å². The molecule has 0 unspecified atom stereocenters. The van der Waals surface area contributed by atoms with Gasteiger partial charge in [-0.2, -0.15) is 13.2 Å². The first-order valence-electron chi connectivity index (χ1n) is 9.82. The second kappa shape index (κ2) is 10.2. The SMILES string of the molecule is C=C(C(=O)NCc1cccnc1-c1ccc(C(F)(F)F)cc1)N(CC)S(=O)(=O)c1ccc(Cl)s1. The molecule has 0 aliphatic carbocycles. The largest absolute Gasteiger partial charge is 0.416 e. The topological polar surface area (TPSA) is 79.4 Å². The highest BCUT2D eigenvalue weighted by molar-refractivity contribution is 7.91. The molecule has 1 N–H and O–H groups in total. The van der Waals surface area contributed by atoms with Gasteiger partial charge in [0.05, 0.1) is 15.6 Å². The zero-order chi connectivity index (χ0) is 25.1. The number of nitrogens with one attached hydrogen (secondary N) is 1. The van der Waals surface area contributed by atoms with Gasteiger partial charge in [-0.05, 0) is 42.8 Å². The summed E-state index contributed by atoms with van der Waals surface area (Å²) in [6.07, 6.45) is -2.98. The lowest BCUT2D eigenvalue weighted by atomic mass is 10.0. The molecule has 0 atom stereocenters. The van der Waals surface area contributed by atoms with E-state index in [1.807, 2.05) is 0 Å². The average Bonchev–Trinajstić information content (AvgIpc) is 3.24. The van der Waals surface area contributed by atoms with E-state index in [-0.39, 0.29) is 27.3 Å². The van der Waals surface area contributed by atoms with Gasteiger partial charge in [-0.1, -0.05) is 36.4 Å². The van der Waals surface area contributed by atoms with E-state index >= 15 is 0 Å². The predicted molar refractivity (Wildman–Crippen MR) is 125 cm³/mol. The first-order valence-corrected chi connectivity index (χ1v) is 12.4. The lowest BCUT2D eigenvalue weighted by molar-refractivity contribution is -0.137. The second-order valence-corrected chi connectivity index (χ2v) is 10.7. The van der Waals surface area contributed by atoms with Crippen LogP contribution in [0.15, 0.2) is 71.2 Å². The molecule has 2 heterocycles. The molecule has 0 aliphatic heterocycles. The number of rotatable bonds is 8. The molecule has 3 aromatic rings. The summed E-state index contributed by atoms with van der Waals surface area (Å²) in [5.41, 5.74) is 0.275. The van der Waals surface area contributed by atoms with Crippen LogP contribution in [0.25, 0.3) is 11.3 Å². The van der Waals surface area contributed by atoms with Gasteiger partial charge in [-0.15, -0.1) is 11.3 Å². The lowest BCUT2D eigenvalue weighted by Gasteiger charge is -2.23. The standard InChI is InChI=1S/C22H19ClF3N3O3S2/c1-3-29(34(31,32)19-11-10-18(23)33-19)14(2)21(30)28-13-16-5-4-12-27-20(16)15-6-8-17(9-7-15)22(24,25)26/h4-12H,2-3,13H2,1H3,(H,28,30). The van der Waals surface area contributed by atoms with E-state index in [9.17, 15) is 26.4 Å². The van der Waals surface area contributed by atoms with Crippen LogP contribution in [0.4, 0.5) is 13.2 Å². The molecular weight excluding hydrogens is 511 g/mol. The number of benzene rings is 1. The number of pyridine rings is 1. The third-order valence-electron chi connectivity index (χ3n) is 4.76. The molecule has 3 rings (SSSR count). The van der Waals surface area contributed by atoms with Gasteiger partial charge in [0, 0.05) is 24.8 Å². The maximum atomic E-state index is 12.9. The Hall–Kier alpha value is -2.89. The van der Waals surface area contributed by atoms with Crippen LogP contribution in [0.2, 0.25) is 4.34 Å². The number of hydrogen-bond donors (Lipinski definition) is 1. The van der Waals surface area contributed by atoms with Gasteiger partial charge in [0.25, 0.3) is 15.9 Å². The van der Waals surface area contributed by atoms with Crippen molar-refractivity contribution < 1.29 is 26.4 Å². The van der Waals surface area contributed by atoms with E-state index in [1.165, 1.54) is 30.5 Å². The number of carbonyl (C=O) groups is 1. The number of aromatic nitrogens is 1. The van der Waals surface area contributed by atoms with Crippen LogP contribution in [0.5, 0.6) is 0 Å². The Labute approximate surface area is 203 Å². The molecule has 0 fully saturated rings. The van der Waals surface area contributed by atoms with Gasteiger partial charge in [0.15, 0.2) is 0 Å². The van der Waals surface area contributed by atoms with Crippen molar-refractivity contribution in [2.45, 2.75) is 23.9 Å². The van der Waals surface area contributed by atoms with Crippen molar-refractivity contribution >= 4 is 38.9 Å². The Balaban J connectivity index is 1.77. The third kappa shape index (κ3) is 5.60. The number of thiophene rings is 1. The molecule has 0 radical (unpaired) electrons.